The summed E-state index contributed by atoms with van der Waals surface area (Å²) in [6.45, 7) is 0. The molecule has 2 N–H and O–H groups in total. The van der Waals surface area contributed by atoms with Crippen molar-refractivity contribution in [2.45, 2.75) is 18.6 Å². The van der Waals surface area contributed by atoms with Gasteiger partial charge < -0.3 is 5.73 Å². The summed E-state index contributed by atoms with van der Waals surface area (Å²) < 4.78 is 51.5. The highest BCUT2D eigenvalue weighted by Crippen LogP contribution is 2.34. The minimum atomic E-state index is -4.43. The van der Waals surface area contributed by atoms with Gasteiger partial charge in [-0.15, -0.1) is 0 Å². The number of alkyl halides is 3. The van der Waals surface area contributed by atoms with Crippen LogP contribution in [0.25, 0.3) is 0 Å². The Labute approximate surface area is 114 Å². The van der Waals surface area contributed by atoms with E-state index in [1.54, 1.807) is 0 Å². The number of benzene rings is 2. The van der Waals surface area contributed by atoms with Crippen LogP contribution < -0.4 is 5.73 Å². The second kappa shape index (κ2) is 5.63. The maximum absolute atomic E-state index is 12.9. The summed E-state index contributed by atoms with van der Waals surface area (Å²) >= 11 is 0. The summed E-state index contributed by atoms with van der Waals surface area (Å²) in [6.07, 6.45) is -4.22. The molecule has 0 bridgehead atoms. The van der Waals surface area contributed by atoms with E-state index in [0.717, 1.165) is 6.07 Å². The van der Waals surface area contributed by atoms with Gasteiger partial charge in [-0.3, -0.25) is 0 Å². The van der Waals surface area contributed by atoms with Crippen LogP contribution in [0.4, 0.5) is 17.6 Å². The van der Waals surface area contributed by atoms with Crippen LogP contribution in [0.2, 0.25) is 0 Å². The third-order valence-electron chi connectivity index (χ3n) is 3.03. The molecular formula is C15H13F4N. The van der Waals surface area contributed by atoms with Crippen molar-refractivity contribution in [3.63, 3.8) is 0 Å². The summed E-state index contributed by atoms with van der Waals surface area (Å²) in [6, 6.07) is 10.0. The van der Waals surface area contributed by atoms with E-state index in [-0.39, 0.29) is 12.0 Å². The molecule has 2 aromatic carbocycles. The van der Waals surface area contributed by atoms with Crippen LogP contribution in [0.1, 0.15) is 22.7 Å². The van der Waals surface area contributed by atoms with Gasteiger partial charge in [0.05, 0.1) is 5.56 Å². The van der Waals surface area contributed by atoms with E-state index in [2.05, 4.69) is 0 Å². The number of halogens is 4. The standard InChI is InChI=1S/C15H13F4N/c16-11-7-5-10(6-8-11)9-14(20)12-3-1-2-4-13(12)15(17,18)19/h1-8,14H,9,20H2. The van der Waals surface area contributed by atoms with Gasteiger partial charge in [0, 0.05) is 6.04 Å². The number of hydrogen-bond donors (Lipinski definition) is 1. The first kappa shape index (κ1) is 14.5. The maximum atomic E-state index is 12.9. The van der Waals surface area contributed by atoms with Crippen LogP contribution in [-0.2, 0) is 12.6 Å². The first-order chi connectivity index (χ1) is 9.38. The second-order valence-corrected chi connectivity index (χ2v) is 4.52. The topological polar surface area (TPSA) is 26.0 Å². The summed E-state index contributed by atoms with van der Waals surface area (Å²) in [5, 5.41) is 0. The van der Waals surface area contributed by atoms with Crippen LogP contribution in [0.15, 0.2) is 48.5 Å². The summed E-state index contributed by atoms with van der Waals surface area (Å²) in [5.74, 6) is -0.391. The molecule has 20 heavy (non-hydrogen) atoms. The molecule has 0 heterocycles. The van der Waals surface area contributed by atoms with Crippen LogP contribution in [-0.4, -0.2) is 0 Å². The zero-order valence-electron chi connectivity index (χ0n) is 10.5. The Morgan fingerprint density at radius 2 is 1.55 bits per heavy atom. The lowest BCUT2D eigenvalue weighted by Gasteiger charge is -2.18. The van der Waals surface area contributed by atoms with Gasteiger partial charge in [0.1, 0.15) is 5.82 Å². The molecule has 1 unspecified atom stereocenters. The fraction of sp³-hybridized carbons (Fsp3) is 0.200. The first-order valence-electron chi connectivity index (χ1n) is 6.04. The highest BCUT2D eigenvalue weighted by molar-refractivity contribution is 5.33. The van der Waals surface area contributed by atoms with E-state index in [1.165, 1.54) is 42.5 Å². The van der Waals surface area contributed by atoms with Crippen molar-refractivity contribution in [2.24, 2.45) is 5.73 Å². The SMILES string of the molecule is NC(Cc1ccc(F)cc1)c1ccccc1C(F)(F)F. The summed E-state index contributed by atoms with van der Waals surface area (Å²) in [4.78, 5) is 0. The zero-order chi connectivity index (χ0) is 14.8. The van der Waals surface area contributed by atoms with E-state index in [9.17, 15) is 17.6 Å². The fourth-order valence-corrected chi connectivity index (χ4v) is 2.06. The zero-order valence-corrected chi connectivity index (χ0v) is 10.5. The summed E-state index contributed by atoms with van der Waals surface area (Å²) in [7, 11) is 0. The second-order valence-electron chi connectivity index (χ2n) is 4.52. The van der Waals surface area contributed by atoms with Gasteiger partial charge in [-0.25, -0.2) is 4.39 Å². The molecule has 1 nitrogen and oxygen atoms in total. The predicted molar refractivity (Wildman–Crippen MR) is 68.5 cm³/mol. The molecule has 0 aliphatic heterocycles. The molecular weight excluding hydrogens is 270 g/mol. The van der Waals surface area contributed by atoms with Crippen LogP contribution in [0.5, 0.6) is 0 Å². The van der Waals surface area contributed by atoms with E-state index in [1.807, 2.05) is 0 Å². The van der Waals surface area contributed by atoms with E-state index >= 15 is 0 Å². The van der Waals surface area contributed by atoms with Crippen LogP contribution in [0.3, 0.4) is 0 Å². The molecule has 2 aromatic rings. The molecule has 106 valence electrons. The average molecular weight is 283 g/mol. The lowest BCUT2D eigenvalue weighted by atomic mass is 9.95. The predicted octanol–water partition coefficient (Wildman–Crippen LogP) is 4.09. The maximum Gasteiger partial charge on any atom is 0.416 e. The number of rotatable bonds is 3. The molecule has 5 heteroatoms. The van der Waals surface area contributed by atoms with Gasteiger partial charge in [-0.1, -0.05) is 30.3 Å². The Bertz CT molecular complexity index is 575. The molecule has 0 aliphatic carbocycles. The fourth-order valence-electron chi connectivity index (χ4n) is 2.06. The largest absolute Gasteiger partial charge is 0.416 e. The third kappa shape index (κ3) is 3.36. The van der Waals surface area contributed by atoms with Crippen molar-refractivity contribution in [1.82, 2.24) is 0 Å². The van der Waals surface area contributed by atoms with Gasteiger partial charge in [0.15, 0.2) is 0 Å². The normalized spacial score (nSPS) is 13.2. The quantitative estimate of drug-likeness (QED) is 0.844. The Balaban J connectivity index is 2.25. The Morgan fingerprint density at radius 1 is 0.950 bits per heavy atom. The van der Waals surface area contributed by atoms with Gasteiger partial charge >= 0.3 is 6.18 Å². The van der Waals surface area contributed by atoms with Crippen molar-refractivity contribution in [3.05, 3.63) is 71.0 Å². The highest BCUT2D eigenvalue weighted by atomic mass is 19.4. The molecule has 0 saturated heterocycles. The lowest BCUT2D eigenvalue weighted by Crippen LogP contribution is -2.19. The average Bonchev–Trinajstić information content (AvgIpc) is 2.40. The Kier molecular flexibility index (Phi) is 4.09. The van der Waals surface area contributed by atoms with Gasteiger partial charge in [0.25, 0.3) is 0 Å². The number of nitrogens with two attached hydrogens (primary N) is 1. The van der Waals surface area contributed by atoms with Crippen molar-refractivity contribution >= 4 is 0 Å². The van der Waals surface area contributed by atoms with Crippen LogP contribution in [0, 0.1) is 5.82 Å². The minimum absolute atomic E-state index is 0.0457. The third-order valence-corrected chi connectivity index (χ3v) is 3.03. The van der Waals surface area contributed by atoms with E-state index in [0.29, 0.717) is 5.56 Å². The molecule has 0 radical (unpaired) electrons. The number of hydrogen-bond acceptors (Lipinski definition) is 1. The molecule has 2 rings (SSSR count). The monoisotopic (exact) mass is 283 g/mol. The lowest BCUT2D eigenvalue weighted by molar-refractivity contribution is -0.138. The van der Waals surface area contributed by atoms with Crippen molar-refractivity contribution < 1.29 is 17.6 Å². The smallest absolute Gasteiger partial charge is 0.324 e. The Morgan fingerprint density at radius 3 is 2.15 bits per heavy atom. The van der Waals surface area contributed by atoms with Crippen molar-refractivity contribution in [2.75, 3.05) is 0 Å². The molecule has 1 atom stereocenters. The molecule has 0 fully saturated rings. The van der Waals surface area contributed by atoms with Crippen molar-refractivity contribution in [3.8, 4) is 0 Å². The van der Waals surface area contributed by atoms with E-state index < -0.39 is 23.6 Å². The van der Waals surface area contributed by atoms with Crippen molar-refractivity contribution in [1.29, 1.82) is 0 Å². The first-order valence-corrected chi connectivity index (χ1v) is 6.04. The molecule has 0 aromatic heterocycles. The molecule has 0 saturated carbocycles. The van der Waals surface area contributed by atoms with E-state index in [4.69, 9.17) is 5.73 Å². The van der Waals surface area contributed by atoms with Gasteiger partial charge in [-0.05, 0) is 35.7 Å². The Hall–Kier alpha value is -1.88. The molecule has 0 amide bonds. The molecule has 0 spiro atoms. The molecule has 0 aliphatic rings. The summed E-state index contributed by atoms with van der Waals surface area (Å²) in [5.41, 5.74) is 5.88. The van der Waals surface area contributed by atoms with Gasteiger partial charge in [-0.2, -0.15) is 13.2 Å². The van der Waals surface area contributed by atoms with Crippen LogP contribution >= 0.6 is 0 Å². The highest BCUT2D eigenvalue weighted by Gasteiger charge is 2.34. The van der Waals surface area contributed by atoms with Gasteiger partial charge in [0.2, 0.25) is 0 Å². The minimum Gasteiger partial charge on any atom is -0.324 e.